The van der Waals surface area contributed by atoms with Crippen LogP contribution in [0.1, 0.15) is 35.7 Å². The van der Waals surface area contributed by atoms with Crippen molar-refractivity contribution in [3.63, 3.8) is 0 Å². The van der Waals surface area contributed by atoms with E-state index in [0.717, 1.165) is 12.0 Å². The number of carbonyl (C=O) groups is 1. The fourth-order valence-electron chi connectivity index (χ4n) is 1.64. The van der Waals surface area contributed by atoms with Crippen LogP contribution >= 0.6 is 0 Å². The Hall–Kier alpha value is -1.95. The summed E-state index contributed by atoms with van der Waals surface area (Å²) in [6.45, 7) is 3.87. The minimum absolute atomic E-state index is 0.0319. The summed E-state index contributed by atoms with van der Waals surface area (Å²) < 4.78 is 0. The van der Waals surface area contributed by atoms with E-state index in [1.807, 2.05) is 13.8 Å². The van der Waals surface area contributed by atoms with E-state index in [4.69, 9.17) is 12.2 Å². The number of amides is 1. The van der Waals surface area contributed by atoms with Crippen LogP contribution in [-0.2, 0) is 0 Å². The molecular formula is C14H18N2O. The molecule has 0 aromatic heterocycles. The normalized spacial score (nSPS) is 11.6. The SMILES string of the molecule is C#CCC(CC)NC(=O)c1ccc(N)cc1C. The third-order valence-corrected chi connectivity index (χ3v) is 2.69. The molecule has 1 rings (SSSR count). The van der Waals surface area contributed by atoms with Gasteiger partial charge in [0.15, 0.2) is 0 Å². The lowest BCUT2D eigenvalue weighted by Crippen LogP contribution is -2.34. The number of anilines is 1. The van der Waals surface area contributed by atoms with Crippen LogP contribution in [0.4, 0.5) is 5.69 Å². The predicted octanol–water partition coefficient (Wildman–Crippen LogP) is 2.11. The zero-order valence-electron chi connectivity index (χ0n) is 10.3. The van der Waals surface area contributed by atoms with Crippen LogP contribution in [0.5, 0.6) is 0 Å². The molecule has 3 nitrogen and oxygen atoms in total. The molecule has 90 valence electrons. The van der Waals surface area contributed by atoms with Gasteiger partial charge in [-0.1, -0.05) is 6.92 Å². The Bertz CT molecular complexity index is 446. The van der Waals surface area contributed by atoms with Crippen LogP contribution in [0.15, 0.2) is 18.2 Å². The molecule has 1 aromatic carbocycles. The van der Waals surface area contributed by atoms with Gasteiger partial charge in [-0.3, -0.25) is 4.79 Å². The largest absolute Gasteiger partial charge is 0.399 e. The minimum atomic E-state index is -0.0930. The predicted molar refractivity (Wildman–Crippen MR) is 70.6 cm³/mol. The molecule has 0 aliphatic rings. The molecule has 3 heteroatoms. The topological polar surface area (TPSA) is 55.1 Å². The lowest BCUT2D eigenvalue weighted by molar-refractivity contribution is 0.0936. The average molecular weight is 230 g/mol. The summed E-state index contributed by atoms with van der Waals surface area (Å²) in [5.74, 6) is 2.47. The first kappa shape index (κ1) is 13.1. The van der Waals surface area contributed by atoms with Gasteiger partial charge in [0.2, 0.25) is 0 Å². The fraction of sp³-hybridized carbons (Fsp3) is 0.357. The second kappa shape index (κ2) is 5.95. The smallest absolute Gasteiger partial charge is 0.251 e. The van der Waals surface area contributed by atoms with Gasteiger partial charge in [0.05, 0.1) is 0 Å². The molecule has 0 bridgehead atoms. The summed E-state index contributed by atoms with van der Waals surface area (Å²) in [6.07, 6.45) is 6.63. The van der Waals surface area contributed by atoms with E-state index in [1.54, 1.807) is 18.2 Å². The summed E-state index contributed by atoms with van der Waals surface area (Å²) in [6, 6.07) is 5.29. The van der Waals surface area contributed by atoms with Crippen LogP contribution in [0.25, 0.3) is 0 Å². The summed E-state index contributed by atoms with van der Waals surface area (Å²) >= 11 is 0. The van der Waals surface area contributed by atoms with Crippen LogP contribution in [0, 0.1) is 19.3 Å². The van der Waals surface area contributed by atoms with E-state index in [0.29, 0.717) is 17.7 Å². The van der Waals surface area contributed by atoms with E-state index in [9.17, 15) is 4.79 Å². The highest BCUT2D eigenvalue weighted by molar-refractivity contribution is 5.96. The quantitative estimate of drug-likeness (QED) is 0.615. The average Bonchev–Trinajstić information content (AvgIpc) is 2.28. The van der Waals surface area contributed by atoms with Crippen molar-refractivity contribution >= 4 is 11.6 Å². The molecule has 1 atom stereocenters. The van der Waals surface area contributed by atoms with E-state index in [2.05, 4.69) is 11.2 Å². The van der Waals surface area contributed by atoms with Crippen molar-refractivity contribution in [3.05, 3.63) is 29.3 Å². The maximum absolute atomic E-state index is 12.0. The second-order valence-electron chi connectivity index (χ2n) is 4.06. The maximum atomic E-state index is 12.0. The molecule has 1 unspecified atom stereocenters. The van der Waals surface area contributed by atoms with Crippen LogP contribution < -0.4 is 11.1 Å². The van der Waals surface area contributed by atoms with Gasteiger partial charge in [-0.2, -0.15) is 0 Å². The van der Waals surface area contributed by atoms with Gasteiger partial charge in [-0.15, -0.1) is 12.3 Å². The number of rotatable bonds is 4. The van der Waals surface area contributed by atoms with Gasteiger partial charge < -0.3 is 11.1 Å². The molecule has 0 saturated carbocycles. The molecular weight excluding hydrogens is 212 g/mol. The van der Waals surface area contributed by atoms with Crippen LogP contribution in [-0.4, -0.2) is 11.9 Å². The number of nitrogens with one attached hydrogen (secondary N) is 1. The Kier molecular flexibility index (Phi) is 4.59. The van der Waals surface area contributed by atoms with Gasteiger partial charge in [-0.05, 0) is 37.1 Å². The fourth-order valence-corrected chi connectivity index (χ4v) is 1.64. The number of terminal acetylenes is 1. The van der Waals surface area contributed by atoms with Gasteiger partial charge in [-0.25, -0.2) is 0 Å². The zero-order chi connectivity index (χ0) is 12.8. The Morgan fingerprint density at radius 1 is 1.59 bits per heavy atom. The Labute approximate surface area is 102 Å². The lowest BCUT2D eigenvalue weighted by Gasteiger charge is -2.15. The highest BCUT2D eigenvalue weighted by Gasteiger charge is 2.13. The van der Waals surface area contributed by atoms with Crippen molar-refractivity contribution in [2.75, 3.05) is 5.73 Å². The first-order chi connectivity index (χ1) is 8.08. The Morgan fingerprint density at radius 3 is 2.82 bits per heavy atom. The zero-order valence-corrected chi connectivity index (χ0v) is 10.3. The van der Waals surface area contributed by atoms with Gasteiger partial charge in [0.25, 0.3) is 5.91 Å². The number of aryl methyl sites for hydroxylation is 1. The molecule has 3 N–H and O–H groups in total. The number of carbonyl (C=O) groups excluding carboxylic acids is 1. The Morgan fingerprint density at radius 2 is 2.29 bits per heavy atom. The molecule has 1 amide bonds. The third-order valence-electron chi connectivity index (χ3n) is 2.69. The van der Waals surface area contributed by atoms with E-state index >= 15 is 0 Å². The summed E-state index contributed by atoms with van der Waals surface area (Å²) in [7, 11) is 0. The van der Waals surface area contributed by atoms with Gasteiger partial charge in [0.1, 0.15) is 0 Å². The van der Waals surface area contributed by atoms with Crippen molar-refractivity contribution in [3.8, 4) is 12.3 Å². The van der Waals surface area contributed by atoms with Crippen molar-refractivity contribution in [1.29, 1.82) is 0 Å². The number of nitrogen functional groups attached to an aromatic ring is 1. The summed E-state index contributed by atoms with van der Waals surface area (Å²) in [5.41, 5.74) is 7.83. The molecule has 0 aliphatic carbocycles. The highest BCUT2D eigenvalue weighted by Crippen LogP contribution is 2.13. The number of hydrogen-bond acceptors (Lipinski definition) is 2. The minimum Gasteiger partial charge on any atom is -0.399 e. The summed E-state index contributed by atoms with van der Waals surface area (Å²) in [4.78, 5) is 12.0. The van der Waals surface area contributed by atoms with Crippen molar-refractivity contribution in [2.45, 2.75) is 32.7 Å². The number of benzene rings is 1. The van der Waals surface area contributed by atoms with Crippen molar-refractivity contribution < 1.29 is 4.79 Å². The molecule has 0 radical (unpaired) electrons. The number of hydrogen-bond donors (Lipinski definition) is 2. The molecule has 0 fully saturated rings. The van der Waals surface area contributed by atoms with E-state index < -0.39 is 0 Å². The van der Waals surface area contributed by atoms with Gasteiger partial charge in [0, 0.05) is 23.7 Å². The number of nitrogens with two attached hydrogens (primary N) is 1. The molecule has 17 heavy (non-hydrogen) atoms. The first-order valence-corrected chi connectivity index (χ1v) is 5.69. The second-order valence-corrected chi connectivity index (χ2v) is 4.06. The van der Waals surface area contributed by atoms with Crippen LogP contribution in [0.2, 0.25) is 0 Å². The maximum Gasteiger partial charge on any atom is 0.251 e. The molecule has 0 heterocycles. The molecule has 0 spiro atoms. The molecule has 1 aromatic rings. The van der Waals surface area contributed by atoms with E-state index in [1.165, 1.54) is 0 Å². The first-order valence-electron chi connectivity index (χ1n) is 5.69. The van der Waals surface area contributed by atoms with Gasteiger partial charge >= 0.3 is 0 Å². The van der Waals surface area contributed by atoms with E-state index in [-0.39, 0.29) is 11.9 Å². The van der Waals surface area contributed by atoms with Crippen LogP contribution in [0.3, 0.4) is 0 Å². The summed E-state index contributed by atoms with van der Waals surface area (Å²) in [5, 5.41) is 2.92. The van der Waals surface area contributed by atoms with Crippen molar-refractivity contribution in [1.82, 2.24) is 5.32 Å². The third kappa shape index (κ3) is 3.53. The standard InChI is InChI=1S/C14H18N2O/c1-4-6-12(5-2)16-14(17)13-8-7-11(15)9-10(13)3/h1,7-9,12H,5-6,15H2,2-3H3,(H,16,17). The van der Waals surface area contributed by atoms with Crippen molar-refractivity contribution in [2.24, 2.45) is 0 Å². The lowest BCUT2D eigenvalue weighted by atomic mass is 10.1. The molecule has 0 aliphatic heterocycles. The Balaban J connectivity index is 2.79. The monoisotopic (exact) mass is 230 g/mol. The molecule has 0 saturated heterocycles. The highest BCUT2D eigenvalue weighted by atomic mass is 16.1.